The van der Waals surface area contributed by atoms with Gasteiger partial charge in [0.05, 0.1) is 26.0 Å². The van der Waals surface area contributed by atoms with Crippen molar-refractivity contribution >= 4 is 181 Å². The van der Waals surface area contributed by atoms with Crippen molar-refractivity contribution < 1.29 is 73.6 Å². The van der Waals surface area contributed by atoms with Crippen LogP contribution in [0.15, 0.2) is 161 Å². The number of rotatable bonds is 15. The molecule has 2 aromatic heterocycles. The summed E-state index contributed by atoms with van der Waals surface area (Å²) in [6.07, 6.45) is 5.44. The van der Waals surface area contributed by atoms with Crippen LogP contribution in [-0.4, -0.2) is 134 Å². The molecule has 6 aromatic carbocycles. The SMILES string of the molecule is BrCCc1ccc2ccccc2c1.Clc1nc[nH]c1Cl.O=C(O)CBr.O=C(O)CN1CN(CCc2ccc3ccccc3c2)C(Cl)=C1Cl.O=C(O)CN1CN(CCc2ccc3ccccc3c2)C(Cl)=C1Cl.O=C(O)Cn1cnc(Cl)c1Cl.[Br-].[Br-]. The second-order valence-electron chi connectivity index (χ2n) is 17.5. The highest BCUT2D eigenvalue weighted by atomic mass is 79.9. The van der Waals surface area contributed by atoms with Crippen molar-refractivity contribution in [2.24, 2.45) is 0 Å². The number of halogens is 12. The van der Waals surface area contributed by atoms with Crippen molar-refractivity contribution in [1.29, 1.82) is 0 Å². The Bertz CT molecular complexity index is 3380. The minimum absolute atomic E-state index is 0. The molecule has 8 aromatic rings. The lowest BCUT2D eigenvalue weighted by molar-refractivity contribution is -0.138. The van der Waals surface area contributed by atoms with Crippen LogP contribution in [0.1, 0.15) is 16.7 Å². The number of benzene rings is 6. The van der Waals surface area contributed by atoms with E-state index in [0.29, 0.717) is 57.4 Å². The number of nitrogens with zero attached hydrogens (tertiary/aromatic N) is 7. The lowest BCUT2D eigenvalue weighted by Crippen LogP contribution is -3.00. The molecule has 0 atom stereocenters. The first-order valence-corrected chi connectivity index (χ1v) is 29.7. The molecule has 0 radical (unpaired) electrons. The first kappa shape index (κ1) is 73.6. The molecule has 0 saturated heterocycles. The molecular weight excluding hydrogens is 1520 g/mol. The summed E-state index contributed by atoms with van der Waals surface area (Å²) >= 11 is 52.5. The van der Waals surface area contributed by atoms with Crippen LogP contribution in [0.5, 0.6) is 0 Å². The maximum absolute atomic E-state index is 10.8. The van der Waals surface area contributed by atoms with E-state index in [1.54, 1.807) is 9.80 Å². The first-order chi connectivity index (χ1) is 39.2. The van der Waals surface area contributed by atoms with Gasteiger partial charge in [-0.15, -0.1) is 0 Å². The number of hydrogen-bond acceptors (Lipinski definition) is 10. The molecule has 0 saturated carbocycles. The second kappa shape index (κ2) is 37.8. The van der Waals surface area contributed by atoms with E-state index in [2.05, 4.69) is 150 Å². The molecule has 0 aliphatic carbocycles. The maximum atomic E-state index is 10.8. The molecule has 84 heavy (non-hydrogen) atoms. The summed E-state index contributed by atoms with van der Waals surface area (Å²) in [6, 6.07) is 44.3. The van der Waals surface area contributed by atoms with E-state index in [1.807, 2.05) is 34.1 Å². The zero-order chi connectivity index (χ0) is 59.9. The largest absolute Gasteiger partial charge is 1.00 e. The predicted octanol–water partition coefficient (Wildman–Crippen LogP) is 8.53. The molecule has 2 aliphatic rings. The Balaban J connectivity index is 0.000000281. The number of aryl methyl sites for hydroxylation is 1. The van der Waals surface area contributed by atoms with Crippen LogP contribution < -0.4 is 34.0 Å². The molecule has 0 fully saturated rings. The Morgan fingerprint density at radius 1 is 0.464 bits per heavy atom. The number of nitrogens with one attached hydrogen (secondary N) is 1. The Kier molecular flexibility index (Phi) is 33.1. The average molecular weight is 1570 g/mol. The molecule has 5 N–H and O–H groups in total. The quantitative estimate of drug-likeness (QED) is 0.0482. The van der Waals surface area contributed by atoms with Crippen molar-refractivity contribution in [3.8, 4) is 0 Å². The molecule has 4 heterocycles. The van der Waals surface area contributed by atoms with Gasteiger partial charge in [0.15, 0.2) is 10.3 Å². The number of carbonyl (C=O) groups is 4. The van der Waals surface area contributed by atoms with Crippen LogP contribution in [0, 0.1) is 0 Å². The van der Waals surface area contributed by atoms with Gasteiger partial charge in [-0.3, -0.25) is 19.2 Å². The summed E-state index contributed by atoms with van der Waals surface area (Å²) in [4.78, 5) is 57.8. The van der Waals surface area contributed by atoms with E-state index < -0.39 is 23.9 Å². The van der Waals surface area contributed by atoms with Crippen molar-refractivity contribution in [3.05, 3.63) is 198 Å². The molecule has 28 heteroatoms. The Labute approximate surface area is 562 Å². The summed E-state index contributed by atoms with van der Waals surface area (Å²) < 4.78 is 1.24. The Hall–Kier alpha value is -4.68. The molecule has 0 spiro atoms. The van der Waals surface area contributed by atoms with E-state index in [1.165, 1.54) is 66.2 Å². The van der Waals surface area contributed by atoms with Crippen LogP contribution >= 0.6 is 125 Å². The van der Waals surface area contributed by atoms with Crippen molar-refractivity contribution in [2.75, 3.05) is 50.2 Å². The maximum Gasteiger partial charge on any atom is 0.323 e. The van der Waals surface area contributed by atoms with Gasteiger partial charge in [0.25, 0.3) is 0 Å². The fourth-order valence-electron chi connectivity index (χ4n) is 7.77. The fourth-order valence-corrected chi connectivity index (χ4v) is 9.71. The number of hydrogen-bond donors (Lipinski definition) is 5. The number of aromatic amines is 1. The topological polar surface area (TPSA) is 209 Å². The van der Waals surface area contributed by atoms with Gasteiger partial charge in [-0.05, 0) is 68.3 Å². The predicted molar refractivity (Wildman–Crippen MR) is 336 cm³/mol. The van der Waals surface area contributed by atoms with Gasteiger partial charge in [0.1, 0.15) is 55.9 Å². The number of imidazole rings is 2. The highest BCUT2D eigenvalue weighted by Crippen LogP contribution is 2.31. The number of carboxylic acid groups (broad SMARTS) is 4. The summed E-state index contributed by atoms with van der Waals surface area (Å²) in [6.45, 7) is 1.64. The zero-order valence-electron chi connectivity index (χ0n) is 43.9. The third kappa shape index (κ3) is 23.9. The fraction of sp³-hybridized carbons (Fsp3) is 0.214. The number of alkyl halides is 2. The van der Waals surface area contributed by atoms with E-state index in [-0.39, 0.29) is 69.2 Å². The molecule has 16 nitrogen and oxygen atoms in total. The number of aliphatic carboxylic acids is 4. The highest BCUT2D eigenvalue weighted by molar-refractivity contribution is 9.09. The molecular formula is C56H52Br4Cl8N8O8-2. The summed E-state index contributed by atoms with van der Waals surface area (Å²) in [5.41, 5.74) is 3.82. The van der Waals surface area contributed by atoms with Crippen LogP contribution in [0.25, 0.3) is 32.3 Å². The van der Waals surface area contributed by atoms with E-state index >= 15 is 0 Å². The Morgan fingerprint density at radius 2 is 0.821 bits per heavy atom. The summed E-state index contributed by atoms with van der Waals surface area (Å²) in [7, 11) is 0. The lowest BCUT2D eigenvalue weighted by Gasteiger charge is -2.21. The standard InChI is InChI=1S/2C17H16Cl2N2O2.C12H11Br.C5H4Cl2N2O2.C3H2Cl2N2.C2H3BrO2.2BrH/c2*18-16-17(19)21(10-15(22)23)11-20(16)8-7-12-5-6-13-3-1-2-4-14(13)9-12;13-8-7-10-5-6-11-3-1-2-4-12(11)9-10;6-4-5(7)9(2-8-4)1-3(10)11;4-2-3(5)7-1-6-2;3-1-2(4)5;;/h2*1-6,9H,7-8,10-11H2,(H,22,23);1-6,9H,7-8H2;2H,1H2,(H,10,11);1H,(H,6,7);1H2,(H,4,5);2*1H/p-2. The zero-order valence-corrected chi connectivity index (χ0v) is 56.2. The monoisotopic (exact) mass is 1560 g/mol. The van der Waals surface area contributed by atoms with Crippen molar-refractivity contribution in [2.45, 2.75) is 25.8 Å². The van der Waals surface area contributed by atoms with Gasteiger partial charge in [0.2, 0.25) is 0 Å². The van der Waals surface area contributed by atoms with Gasteiger partial charge < -0.3 is 83.5 Å². The third-order valence-corrected chi connectivity index (χ3v) is 15.8. The van der Waals surface area contributed by atoms with Crippen molar-refractivity contribution in [1.82, 2.24) is 39.1 Å². The van der Waals surface area contributed by atoms with E-state index in [0.717, 1.165) is 24.6 Å². The van der Waals surface area contributed by atoms with E-state index in [9.17, 15) is 19.2 Å². The second-order valence-corrected chi connectivity index (χ2v) is 21.8. The minimum Gasteiger partial charge on any atom is -1.00 e. The van der Waals surface area contributed by atoms with Crippen molar-refractivity contribution in [3.63, 3.8) is 0 Å². The van der Waals surface area contributed by atoms with Gasteiger partial charge >= 0.3 is 23.9 Å². The average Bonchev–Trinajstić information content (AvgIpc) is 4.18. The summed E-state index contributed by atoms with van der Waals surface area (Å²) in [5, 5.41) is 44.8. The number of H-pyrrole nitrogens is 1. The smallest absolute Gasteiger partial charge is 0.323 e. The Morgan fingerprint density at radius 3 is 1.11 bits per heavy atom. The summed E-state index contributed by atoms with van der Waals surface area (Å²) in [5.74, 6) is -3.67. The molecule has 10 rings (SSSR count). The molecule has 2 aliphatic heterocycles. The van der Waals surface area contributed by atoms with Crippen LogP contribution in [0.3, 0.4) is 0 Å². The van der Waals surface area contributed by atoms with Gasteiger partial charge in [-0.25, -0.2) is 9.97 Å². The third-order valence-electron chi connectivity index (χ3n) is 11.7. The molecule has 450 valence electrons. The van der Waals surface area contributed by atoms with Crippen LogP contribution in [0.4, 0.5) is 0 Å². The van der Waals surface area contributed by atoms with Gasteiger partial charge in [0, 0.05) is 18.4 Å². The number of fused-ring (bicyclic) bond motifs is 3. The molecule has 0 unspecified atom stereocenters. The van der Waals surface area contributed by atoms with Crippen LogP contribution in [-0.2, 0) is 45.0 Å². The number of aromatic nitrogens is 4. The minimum atomic E-state index is -0.985. The molecule has 0 amide bonds. The lowest BCUT2D eigenvalue weighted by atomic mass is 10.1. The van der Waals surface area contributed by atoms with Crippen LogP contribution in [0.2, 0.25) is 20.6 Å². The highest BCUT2D eigenvalue weighted by Gasteiger charge is 2.29. The molecule has 0 bridgehead atoms. The van der Waals surface area contributed by atoms with Gasteiger partial charge in [-0.2, -0.15) is 0 Å². The number of carboxylic acids is 4. The van der Waals surface area contributed by atoms with Gasteiger partial charge in [-0.1, -0.05) is 252 Å². The van der Waals surface area contributed by atoms with E-state index in [4.69, 9.17) is 113 Å². The first-order valence-electron chi connectivity index (χ1n) is 24.4. The normalized spacial score (nSPS) is 12.3.